The average molecular weight is 430 g/mol. The minimum atomic E-state index is -0.587. The summed E-state index contributed by atoms with van der Waals surface area (Å²) < 4.78 is 7.73. The molecule has 30 heavy (non-hydrogen) atoms. The van der Waals surface area contributed by atoms with E-state index in [1.165, 1.54) is 12.8 Å². The fraction of sp³-hybridized carbons (Fsp3) is 0.545. The fourth-order valence-electron chi connectivity index (χ4n) is 4.60. The van der Waals surface area contributed by atoms with Crippen molar-refractivity contribution in [1.82, 2.24) is 19.8 Å². The number of thiol groups is 1. The van der Waals surface area contributed by atoms with E-state index in [4.69, 9.17) is 15.5 Å². The molecule has 1 amide bonds. The van der Waals surface area contributed by atoms with Crippen molar-refractivity contribution in [3.05, 3.63) is 36.3 Å². The molecular weight excluding hydrogens is 398 g/mol. The highest BCUT2D eigenvalue weighted by Crippen LogP contribution is 2.36. The molecule has 1 saturated heterocycles. The predicted octanol–water partition coefficient (Wildman–Crippen LogP) is 2.09. The lowest BCUT2D eigenvalue weighted by Crippen LogP contribution is -2.50. The van der Waals surface area contributed by atoms with E-state index >= 15 is 0 Å². The van der Waals surface area contributed by atoms with Crippen LogP contribution < -0.4 is 15.8 Å². The average Bonchev–Trinajstić information content (AvgIpc) is 3.23. The number of nitrogens with two attached hydrogens (primary N) is 1. The molecular formula is C22H31N5O2S. The fourth-order valence-corrected chi connectivity index (χ4v) is 4.76. The van der Waals surface area contributed by atoms with Crippen LogP contribution in [0.1, 0.15) is 31.1 Å². The lowest BCUT2D eigenvalue weighted by Gasteiger charge is -2.39. The summed E-state index contributed by atoms with van der Waals surface area (Å²) in [6.45, 7) is 3.40. The van der Waals surface area contributed by atoms with E-state index in [1.807, 2.05) is 29.2 Å². The van der Waals surface area contributed by atoms with E-state index in [0.717, 1.165) is 42.3 Å². The first-order valence-electron chi connectivity index (χ1n) is 10.7. The number of nitrogens with one attached hydrogen (secondary N) is 1. The number of fused-ring (bicyclic) bond motifs is 1. The van der Waals surface area contributed by atoms with Gasteiger partial charge in [0.2, 0.25) is 5.91 Å². The van der Waals surface area contributed by atoms with Crippen LogP contribution in [0.15, 0.2) is 30.5 Å². The van der Waals surface area contributed by atoms with Crippen LogP contribution in [-0.2, 0) is 11.3 Å². The predicted molar refractivity (Wildman–Crippen MR) is 121 cm³/mol. The van der Waals surface area contributed by atoms with Gasteiger partial charge >= 0.3 is 0 Å². The minimum Gasteiger partial charge on any atom is -0.496 e. The van der Waals surface area contributed by atoms with E-state index < -0.39 is 6.04 Å². The van der Waals surface area contributed by atoms with Crippen molar-refractivity contribution in [2.75, 3.05) is 32.5 Å². The normalized spacial score (nSPS) is 22.4. The molecule has 2 aromatic rings. The smallest absolute Gasteiger partial charge is 0.241 e. The molecule has 7 nitrogen and oxygen atoms in total. The molecule has 162 valence electrons. The van der Waals surface area contributed by atoms with Gasteiger partial charge in [-0.05, 0) is 50.4 Å². The molecule has 0 radical (unpaired) electrons. The van der Waals surface area contributed by atoms with E-state index in [2.05, 4.69) is 28.7 Å². The van der Waals surface area contributed by atoms with Crippen molar-refractivity contribution in [3.8, 4) is 17.0 Å². The van der Waals surface area contributed by atoms with E-state index in [-0.39, 0.29) is 11.9 Å². The number of ether oxygens (including phenoxy) is 1. The Hall–Kier alpha value is -2.03. The second-order valence-electron chi connectivity index (χ2n) is 8.16. The summed E-state index contributed by atoms with van der Waals surface area (Å²) in [4.78, 5) is 20.0. The van der Waals surface area contributed by atoms with Crippen molar-refractivity contribution < 1.29 is 9.53 Å². The number of imidazole rings is 1. The minimum absolute atomic E-state index is 0.0353. The topological polar surface area (TPSA) is 85.4 Å². The molecule has 1 fully saturated rings. The number of carbonyl (C=O) groups excluding carboxylic acids is 1. The summed E-state index contributed by atoms with van der Waals surface area (Å²) in [5.74, 6) is 2.56. The zero-order chi connectivity index (χ0) is 21.1. The molecule has 2 aliphatic heterocycles. The number of hydrogen-bond acceptors (Lipinski definition) is 6. The number of nitrogens with zero attached hydrogens (tertiary/aromatic N) is 3. The number of piperidine rings is 1. The van der Waals surface area contributed by atoms with Crippen LogP contribution in [0.3, 0.4) is 0 Å². The molecule has 3 heterocycles. The maximum absolute atomic E-state index is 13.0. The molecule has 0 spiro atoms. The molecule has 4 rings (SSSR count). The maximum atomic E-state index is 13.0. The zero-order valence-corrected chi connectivity index (χ0v) is 18.4. The Kier molecular flexibility index (Phi) is 6.65. The molecule has 3 atom stereocenters. The third-order valence-electron chi connectivity index (χ3n) is 6.20. The Morgan fingerprint density at radius 2 is 2.23 bits per heavy atom. The Morgan fingerprint density at radius 1 is 1.40 bits per heavy atom. The number of amides is 1. The number of carbonyl (C=O) groups is 1. The molecule has 1 aromatic carbocycles. The lowest BCUT2D eigenvalue weighted by molar-refractivity contribution is -0.136. The first kappa shape index (κ1) is 21.2. The van der Waals surface area contributed by atoms with E-state index in [1.54, 1.807) is 7.11 Å². The second-order valence-corrected chi connectivity index (χ2v) is 8.53. The second kappa shape index (κ2) is 9.41. The highest BCUT2D eigenvalue weighted by molar-refractivity contribution is 7.80. The Bertz CT molecular complexity index is 880. The SMILES string of the molecule is COc1ccccc1-c1cn2c(n1)[C@H](CC1CCCNC1)N(C(=O)[C@@H](N)CS)CC2. The third-order valence-corrected chi connectivity index (χ3v) is 6.59. The number of aromatic nitrogens is 2. The summed E-state index contributed by atoms with van der Waals surface area (Å²) in [6.07, 6.45) is 5.31. The van der Waals surface area contributed by atoms with Gasteiger partial charge in [-0.3, -0.25) is 4.79 Å². The number of methoxy groups -OCH3 is 1. The first-order chi connectivity index (χ1) is 14.6. The Labute approximate surface area is 183 Å². The van der Waals surface area contributed by atoms with Gasteiger partial charge in [0.1, 0.15) is 11.6 Å². The van der Waals surface area contributed by atoms with Gasteiger partial charge in [-0.25, -0.2) is 4.98 Å². The van der Waals surface area contributed by atoms with Gasteiger partial charge in [0.25, 0.3) is 0 Å². The number of rotatable bonds is 6. The largest absolute Gasteiger partial charge is 0.496 e. The molecule has 1 aromatic heterocycles. The molecule has 1 unspecified atom stereocenters. The van der Waals surface area contributed by atoms with Gasteiger partial charge in [0.05, 0.1) is 24.9 Å². The summed E-state index contributed by atoms with van der Waals surface area (Å²) in [5.41, 5.74) is 7.91. The van der Waals surface area contributed by atoms with Crippen LogP contribution >= 0.6 is 12.6 Å². The monoisotopic (exact) mass is 429 g/mol. The van der Waals surface area contributed by atoms with Crippen LogP contribution in [0.4, 0.5) is 0 Å². The highest BCUT2D eigenvalue weighted by Gasteiger charge is 2.36. The van der Waals surface area contributed by atoms with Gasteiger partial charge in [-0.2, -0.15) is 12.6 Å². The van der Waals surface area contributed by atoms with E-state index in [9.17, 15) is 4.79 Å². The molecule has 0 aliphatic carbocycles. The Balaban J connectivity index is 1.69. The summed E-state index contributed by atoms with van der Waals surface area (Å²) in [6, 6.07) is 7.24. The number of hydrogen-bond donors (Lipinski definition) is 3. The number of benzene rings is 1. The standard InChI is InChI=1S/C22H31N5O2S/c1-29-20-7-3-2-6-16(20)18-13-26-9-10-27(22(28)17(23)14-30)19(21(26)25-18)11-15-5-4-8-24-12-15/h2-3,6-7,13,15,17,19,24,30H,4-5,8-12,14,23H2,1H3/t15?,17-,19-/m0/s1. The van der Waals surface area contributed by atoms with Gasteiger partial charge < -0.3 is 25.3 Å². The first-order valence-corrected chi connectivity index (χ1v) is 11.3. The van der Waals surface area contributed by atoms with E-state index in [0.29, 0.717) is 24.8 Å². The molecule has 0 bridgehead atoms. The van der Waals surface area contributed by atoms with Crippen LogP contribution in [0.25, 0.3) is 11.3 Å². The van der Waals surface area contributed by atoms with Gasteiger partial charge in [-0.1, -0.05) is 12.1 Å². The van der Waals surface area contributed by atoms with Crippen LogP contribution in [0.5, 0.6) is 5.75 Å². The summed E-state index contributed by atoms with van der Waals surface area (Å²) in [5, 5.41) is 3.49. The van der Waals surface area contributed by atoms with Crippen molar-refractivity contribution in [2.24, 2.45) is 11.7 Å². The molecule has 8 heteroatoms. The molecule has 2 aliphatic rings. The van der Waals surface area contributed by atoms with Gasteiger partial charge in [-0.15, -0.1) is 0 Å². The van der Waals surface area contributed by atoms with Gasteiger partial charge in [0, 0.05) is 30.6 Å². The molecule has 0 saturated carbocycles. The number of para-hydroxylation sites is 1. The Morgan fingerprint density at radius 3 is 2.97 bits per heavy atom. The quantitative estimate of drug-likeness (QED) is 0.613. The van der Waals surface area contributed by atoms with Crippen molar-refractivity contribution in [2.45, 2.75) is 37.9 Å². The third kappa shape index (κ3) is 4.22. The zero-order valence-electron chi connectivity index (χ0n) is 17.5. The summed E-state index contributed by atoms with van der Waals surface area (Å²) >= 11 is 4.25. The molecule has 3 N–H and O–H groups in total. The van der Waals surface area contributed by atoms with Gasteiger partial charge in [0.15, 0.2) is 0 Å². The van der Waals surface area contributed by atoms with Crippen LogP contribution in [-0.4, -0.2) is 58.9 Å². The highest BCUT2D eigenvalue weighted by atomic mass is 32.1. The van der Waals surface area contributed by atoms with Crippen LogP contribution in [0, 0.1) is 5.92 Å². The summed E-state index contributed by atoms with van der Waals surface area (Å²) in [7, 11) is 1.67. The van der Waals surface area contributed by atoms with Crippen LogP contribution in [0.2, 0.25) is 0 Å². The van der Waals surface area contributed by atoms with Crippen molar-refractivity contribution in [1.29, 1.82) is 0 Å². The van der Waals surface area contributed by atoms with Crippen molar-refractivity contribution >= 4 is 18.5 Å². The maximum Gasteiger partial charge on any atom is 0.241 e. The lowest BCUT2D eigenvalue weighted by atomic mass is 9.90. The van der Waals surface area contributed by atoms with Crippen molar-refractivity contribution in [3.63, 3.8) is 0 Å².